The Bertz CT molecular complexity index is 828. The zero-order valence-corrected chi connectivity index (χ0v) is 10.8. The van der Waals surface area contributed by atoms with Gasteiger partial charge in [-0.3, -0.25) is 19.7 Å². The maximum Gasteiger partial charge on any atom is 0.433 e. The topological polar surface area (TPSA) is 106 Å². The van der Waals surface area contributed by atoms with E-state index in [0.717, 1.165) is 0 Å². The number of aromatic nitrogens is 1. The van der Waals surface area contributed by atoms with Crippen molar-refractivity contribution in [1.82, 2.24) is 4.98 Å². The second-order valence-corrected chi connectivity index (χ2v) is 4.65. The molecule has 0 unspecified atom stereocenters. The molecule has 0 bridgehead atoms. The lowest BCUT2D eigenvalue weighted by Crippen LogP contribution is -2.19. The Morgan fingerprint density at radius 3 is 2.71 bits per heavy atom. The van der Waals surface area contributed by atoms with Crippen molar-refractivity contribution in [2.24, 2.45) is 0 Å². The SMILES string of the molecule is O=C1C(=Cc2ccc([N+](=O)[O-])o2)CCc2[nH]c(=O)ccc21. The minimum atomic E-state index is -0.634. The summed E-state index contributed by atoms with van der Waals surface area (Å²) in [5.41, 5.74) is 1.33. The first-order valence-corrected chi connectivity index (χ1v) is 6.26. The Labute approximate surface area is 118 Å². The standard InChI is InChI=1S/C14H10N2O5/c17-12-5-3-10-11(15-12)4-1-8(14(10)18)7-9-2-6-13(21-9)16(19)20/h2-3,5-7H,1,4H2,(H,15,17). The van der Waals surface area contributed by atoms with Crippen molar-refractivity contribution in [2.45, 2.75) is 12.8 Å². The van der Waals surface area contributed by atoms with E-state index in [0.29, 0.717) is 29.7 Å². The molecule has 2 aromatic rings. The lowest BCUT2D eigenvalue weighted by atomic mass is 9.90. The van der Waals surface area contributed by atoms with Gasteiger partial charge in [-0.25, -0.2) is 0 Å². The molecule has 0 saturated heterocycles. The Morgan fingerprint density at radius 2 is 2.00 bits per heavy atom. The van der Waals surface area contributed by atoms with Crippen LogP contribution in [0.5, 0.6) is 0 Å². The van der Waals surface area contributed by atoms with E-state index in [4.69, 9.17) is 4.42 Å². The number of carbonyl (C=O) groups excluding carboxylic acids is 1. The van der Waals surface area contributed by atoms with Crippen LogP contribution >= 0.6 is 0 Å². The van der Waals surface area contributed by atoms with Crippen LogP contribution in [0.4, 0.5) is 5.88 Å². The summed E-state index contributed by atoms with van der Waals surface area (Å²) in [7, 11) is 0. The minimum Gasteiger partial charge on any atom is -0.401 e. The number of pyridine rings is 1. The molecule has 7 heteroatoms. The smallest absolute Gasteiger partial charge is 0.401 e. The van der Waals surface area contributed by atoms with Crippen molar-refractivity contribution < 1.29 is 14.1 Å². The molecule has 0 atom stereocenters. The van der Waals surface area contributed by atoms with Crippen LogP contribution in [0, 0.1) is 10.1 Å². The van der Waals surface area contributed by atoms with Crippen LogP contribution < -0.4 is 5.56 Å². The molecule has 0 amide bonds. The predicted octanol–water partition coefficient (Wildman–Crippen LogP) is 2.09. The van der Waals surface area contributed by atoms with Gasteiger partial charge < -0.3 is 9.40 Å². The molecule has 1 aliphatic rings. The summed E-state index contributed by atoms with van der Waals surface area (Å²) in [5.74, 6) is -0.306. The molecule has 0 saturated carbocycles. The molecule has 2 heterocycles. The number of aromatic amines is 1. The van der Waals surface area contributed by atoms with Crippen molar-refractivity contribution in [3.8, 4) is 0 Å². The Hall–Kier alpha value is -2.96. The van der Waals surface area contributed by atoms with Gasteiger partial charge in [-0.05, 0) is 31.1 Å². The number of nitro groups is 1. The highest BCUT2D eigenvalue weighted by Gasteiger charge is 2.23. The quantitative estimate of drug-likeness (QED) is 0.517. The van der Waals surface area contributed by atoms with E-state index in [2.05, 4.69) is 4.98 Å². The lowest BCUT2D eigenvalue weighted by molar-refractivity contribution is -0.402. The van der Waals surface area contributed by atoms with Gasteiger partial charge in [-0.1, -0.05) is 0 Å². The third-order valence-electron chi connectivity index (χ3n) is 3.29. The summed E-state index contributed by atoms with van der Waals surface area (Å²) in [6.45, 7) is 0. The molecule has 2 aromatic heterocycles. The van der Waals surface area contributed by atoms with E-state index in [1.54, 1.807) is 0 Å². The summed E-state index contributed by atoms with van der Waals surface area (Å²) in [6, 6.07) is 5.48. The molecule has 21 heavy (non-hydrogen) atoms. The third-order valence-corrected chi connectivity index (χ3v) is 3.29. The molecule has 106 valence electrons. The van der Waals surface area contributed by atoms with E-state index >= 15 is 0 Å². The van der Waals surface area contributed by atoms with Gasteiger partial charge in [0.05, 0.1) is 6.07 Å². The van der Waals surface area contributed by atoms with Crippen molar-refractivity contribution in [1.29, 1.82) is 0 Å². The second-order valence-electron chi connectivity index (χ2n) is 4.65. The molecule has 1 N–H and O–H groups in total. The molecule has 0 spiro atoms. The van der Waals surface area contributed by atoms with Crippen LogP contribution in [-0.2, 0) is 6.42 Å². The van der Waals surface area contributed by atoms with Crippen LogP contribution in [0.25, 0.3) is 6.08 Å². The van der Waals surface area contributed by atoms with E-state index < -0.39 is 4.92 Å². The van der Waals surface area contributed by atoms with Crippen molar-refractivity contribution in [2.75, 3.05) is 0 Å². The molecule has 7 nitrogen and oxygen atoms in total. The van der Waals surface area contributed by atoms with Gasteiger partial charge >= 0.3 is 5.88 Å². The number of Topliss-reactive ketones (excluding diaryl/α,β-unsaturated/α-hetero) is 1. The largest absolute Gasteiger partial charge is 0.433 e. The number of carbonyl (C=O) groups is 1. The summed E-state index contributed by atoms with van der Waals surface area (Å²) in [5, 5.41) is 10.6. The first kappa shape index (κ1) is 13.0. The monoisotopic (exact) mass is 286 g/mol. The number of furan rings is 1. The molecule has 1 aliphatic carbocycles. The summed E-state index contributed by atoms with van der Waals surface area (Å²) in [4.78, 5) is 36.1. The Kier molecular flexibility index (Phi) is 3.02. The lowest BCUT2D eigenvalue weighted by Gasteiger charge is -2.16. The summed E-state index contributed by atoms with van der Waals surface area (Å²) < 4.78 is 5.02. The average molecular weight is 286 g/mol. The minimum absolute atomic E-state index is 0.202. The second kappa shape index (κ2) is 4.86. The van der Waals surface area contributed by atoms with Crippen LogP contribution in [0.15, 0.2) is 39.1 Å². The molecule has 0 fully saturated rings. The fourth-order valence-corrected chi connectivity index (χ4v) is 2.30. The summed E-state index contributed by atoms with van der Waals surface area (Å²) >= 11 is 0. The Balaban J connectivity index is 1.95. The van der Waals surface area contributed by atoms with Crippen molar-refractivity contribution in [3.63, 3.8) is 0 Å². The van der Waals surface area contributed by atoms with Crippen molar-refractivity contribution in [3.05, 3.63) is 67.3 Å². The van der Waals surface area contributed by atoms with Gasteiger partial charge in [-0.15, -0.1) is 0 Å². The number of hydrogen-bond acceptors (Lipinski definition) is 5. The normalized spacial score (nSPS) is 16.0. The number of H-pyrrole nitrogens is 1. The predicted molar refractivity (Wildman–Crippen MR) is 73.1 cm³/mol. The van der Waals surface area contributed by atoms with Crippen LogP contribution in [0.1, 0.15) is 28.2 Å². The first-order chi connectivity index (χ1) is 10.0. The fourth-order valence-electron chi connectivity index (χ4n) is 2.30. The number of fused-ring (bicyclic) bond motifs is 1. The van der Waals surface area contributed by atoms with Gasteiger partial charge in [0.1, 0.15) is 10.7 Å². The Morgan fingerprint density at radius 1 is 1.19 bits per heavy atom. The fraction of sp³-hybridized carbons (Fsp3) is 0.143. The number of rotatable bonds is 2. The number of aryl methyl sites for hydroxylation is 1. The van der Waals surface area contributed by atoms with Gasteiger partial charge in [0, 0.05) is 22.9 Å². The molecule has 0 aliphatic heterocycles. The van der Waals surface area contributed by atoms with Crippen LogP contribution in [0.3, 0.4) is 0 Å². The highest BCUT2D eigenvalue weighted by Crippen LogP contribution is 2.26. The molecule has 0 radical (unpaired) electrons. The van der Waals surface area contributed by atoms with Crippen LogP contribution in [0.2, 0.25) is 0 Å². The van der Waals surface area contributed by atoms with Crippen LogP contribution in [-0.4, -0.2) is 15.7 Å². The van der Waals surface area contributed by atoms with E-state index in [1.165, 1.54) is 30.3 Å². The van der Waals surface area contributed by atoms with E-state index in [1.807, 2.05) is 0 Å². The van der Waals surface area contributed by atoms with Gasteiger partial charge in [0.25, 0.3) is 0 Å². The molecular formula is C14H10N2O5. The number of hydrogen-bond donors (Lipinski definition) is 1. The third kappa shape index (κ3) is 2.40. The number of ketones is 1. The maximum atomic E-state index is 12.3. The van der Waals surface area contributed by atoms with Gasteiger partial charge in [0.15, 0.2) is 5.78 Å². The van der Waals surface area contributed by atoms with E-state index in [-0.39, 0.29) is 23.0 Å². The zero-order chi connectivity index (χ0) is 15.0. The molecule has 3 rings (SSSR count). The zero-order valence-electron chi connectivity index (χ0n) is 10.8. The van der Waals surface area contributed by atoms with Gasteiger partial charge in [-0.2, -0.15) is 0 Å². The maximum absolute atomic E-state index is 12.3. The highest BCUT2D eigenvalue weighted by atomic mass is 16.6. The summed E-state index contributed by atoms with van der Waals surface area (Å²) in [6.07, 6.45) is 2.48. The number of nitrogens with one attached hydrogen (secondary N) is 1. The number of allylic oxidation sites excluding steroid dienone is 1. The number of nitrogens with zero attached hydrogens (tertiary/aromatic N) is 1. The highest BCUT2D eigenvalue weighted by molar-refractivity contribution is 6.12. The van der Waals surface area contributed by atoms with Crippen molar-refractivity contribution >= 4 is 17.7 Å². The molecular weight excluding hydrogens is 276 g/mol. The van der Waals surface area contributed by atoms with E-state index in [9.17, 15) is 19.7 Å². The average Bonchev–Trinajstić information content (AvgIpc) is 2.91. The molecule has 0 aromatic carbocycles. The van der Waals surface area contributed by atoms with Gasteiger partial charge in [0.2, 0.25) is 5.56 Å². The first-order valence-electron chi connectivity index (χ1n) is 6.26.